The summed E-state index contributed by atoms with van der Waals surface area (Å²) < 4.78 is 0. The van der Waals surface area contributed by atoms with Crippen molar-refractivity contribution in [3.8, 4) is 0 Å². The SMILES string of the molecule is CCCCCCCCCCCCCCCCCC(=O)N[C@@H](CN1CCCC1)[C@H](O)Cc1ccccc1. The van der Waals surface area contributed by atoms with Crippen LogP contribution < -0.4 is 5.32 Å². The van der Waals surface area contributed by atoms with Crippen molar-refractivity contribution in [1.82, 2.24) is 10.2 Å². The van der Waals surface area contributed by atoms with Crippen LogP contribution in [-0.2, 0) is 11.2 Å². The van der Waals surface area contributed by atoms with Crippen molar-refractivity contribution in [2.24, 2.45) is 0 Å². The Morgan fingerprint density at radius 2 is 1.31 bits per heavy atom. The highest BCUT2D eigenvalue weighted by atomic mass is 16.3. The predicted octanol–water partition coefficient (Wildman–Crippen LogP) is 7.43. The van der Waals surface area contributed by atoms with Gasteiger partial charge in [0.1, 0.15) is 0 Å². The molecule has 1 fully saturated rings. The van der Waals surface area contributed by atoms with Gasteiger partial charge in [0, 0.05) is 19.4 Å². The van der Waals surface area contributed by atoms with Crippen molar-refractivity contribution in [1.29, 1.82) is 0 Å². The lowest BCUT2D eigenvalue weighted by Gasteiger charge is -2.28. The maximum Gasteiger partial charge on any atom is 0.220 e. The third-order valence-electron chi connectivity index (χ3n) is 7.76. The molecule has 1 heterocycles. The minimum absolute atomic E-state index is 0.0982. The molecule has 4 nitrogen and oxygen atoms in total. The Hall–Kier alpha value is -1.39. The van der Waals surface area contributed by atoms with E-state index < -0.39 is 6.10 Å². The Balaban J connectivity index is 1.51. The van der Waals surface area contributed by atoms with Crippen LogP contribution in [0.15, 0.2) is 30.3 Å². The van der Waals surface area contributed by atoms with Gasteiger partial charge in [0.05, 0.1) is 12.1 Å². The molecule has 0 unspecified atom stereocenters. The summed E-state index contributed by atoms with van der Waals surface area (Å²) in [5, 5.41) is 14.1. The summed E-state index contributed by atoms with van der Waals surface area (Å²) in [6, 6.07) is 9.91. The molecule has 0 aromatic heterocycles. The molecule has 4 heteroatoms. The third kappa shape index (κ3) is 15.0. The van der Waals surface area contributed by atoms with Crippen LogP contribution in [0.1, 0.15) is 128 Å². The number of carbonyl (C=O) groups excluding carboxylic acids is 1. The van der Waals surface area contributed by atoms with E-state index >= 15 is 0 Å². The summed E-state index contributed by atoms with van der Waals surface area (Å²) >= 11 is 0. The number of aliphatic hydroxyl groups is 1. The molecule has 0 aliphatic carbocycles. The number of unbranched alkanes of at least 4 members (excludes halogenated alkanes) is 14. The van der Waals surface area contributed by atoms with Gasteiger partial charge in [-0.3, -0.25) is 4.79 Å². The highest BCUT2D eigenvalue weighted by molar-refractivity contribution is 5.76. The van der Waals surface area contributed by atoms with E-state index in [1.165, 1.54) is 96.3 Å². The molecule has 36 heavy (non-hydrogen) atoms. The predicted molar refractivity (Wildman–Crippen MR) is 153 cm³/mol. The Morgan fingerprint density at radius 1 is 0.806 bits per heavy atom. The number of aliphatic hydroxyl groups excluding tert-OH is 1. The average Bonchev–Trinajstić information content (AvgIpc) is 3.40. The molecule has 206 valence electrons. The Kier molecular flexibility index (Phi) is 17.7. The number of benzene rings is 1. The molecule has 1 saturated heterocycles. The van der Waals surface area contributed by atoms with E-state index in [2.05, 4.69) is 17.1 Å². The van der Waals surface area contributed by atoms with Crippen LogP contribution in [0, 0.1) is 0 Å². The molecule has 1 aliphatic rings. The zero-order chi connectivity index (χ0) is 25.7. The van der Waals surface area contributed by atoms with Crippen LogP contribution in [-0.4, -0.2) is 47.7 Å². The van der Waals surface area contributed by atoms with E-state index in [0.717, 1.165) is 38.0 Å². The highest BCUT2D eigenvalue weighted by Gasteiger charge is 2.25. The second-order valence-corrected chi connectivity index (χ2v) is 11.1. The lowest BCUT2D eigenvalue weighted by atomic mass is 10.0. The van der Waals surface area contributed by atoms with E-state index in [1.54, 1.807) is 0 Å². The number of hydrogen-bond acceptors (Lipinski definition) is 3. The molecule has 1 amide bonds. The fraction of sp³-hybridized carbons (Fsp3) is 0.781. The minimum Gasteiger partial charge on any atom is -0.391 e. The largest absolute Gasteiger partial charge is 0.391 e. The molecule has 1 aliphatic heterocycles. The smallest absolute Gasteiger partial charge is 0.220 e. The molecule has 2 atom stereocenters. The van der Waals surface area contributed by atoms with Gasteiger partial charge in [-0.1, -0.05) is 127 Å². The number of hydrogen-bond donors (Lipinski definition) is 2. The Bertz CT molecular complexity index is 645. The number of likely N-dealkylation sites (tertiary alicyclic amines) is 1. The van der Waals surface area contributed by atoms with Crippen molar-refractivity contribution >= 4 is 5.91 Å². The highest BCUT2D eigenvalue weighted by Crippen LogP contribution is 2.15. The number of nitrogens with zero attached hydrogens (tertiary/aromatic N) is 1. The van der Waals surface area contributed by atoms with Crippen LogP contribution in [0.25, 0.3) is 0 Å². The molecular weight excluding hydrogens is 444 g/mol. The van der Waals surface area contributed by atoms with Gasteiger partial charge in [-0.2, -0.15) is 0 Å². The van der Waals surface area contributed by atoms with Crippen LogP contribution in [0.4, 0.5) is 0 Å². The van der Waals surface area contributed by atoms with E-state index in [0.29, 0.717) is 12.8 Å². The van der Waals surface area contributed by atoms with Crippen LogP contribution in [0.3, 0.4) is 0 Å². The molecule has 1 aromatic carbocycles. The summed E-state index contributed by atoms with van der Waals surface area (Å²) in [5.74, 6) is 0.0982. The second-order valence-electron chi connectivity index (χ2n) is 11.1. The monoisotopic (exact) mass is 500 g/mol. The first-order chi connectivity index (χ1) is 17.7. The average molecular weight is 501 g/mol. The molecule has 1 aromatic rings. The van der Waals surface area contributed by atoms with Gasteiger partial charge in [-0.15, -0.1) is 0 Å². The van der Waals surface area contributed by atoms with Gasteiger partial charge in [-0.25, -0.2) is 0 Å². The van der Waals surface area contributed by atoms with Crippen LogP contribution >= 0.6 is 0 Å². The van der Waals surface area contributed by atoms with E-state index in [1.807, 2.05) is 30.3 Å². The van der Waals surface area contributed by atoms with Crippen LogP contribution in [0.5, 0.6) is 0 Å². The summed E-state index contributed by atoms with van der Waals surface area (Å²) in [7, 11) is 0. The van der Waals surface area contributed by atoms with Gasteiger partial charge in [0.25, 0.3) is 0 Å². The quantitative estimate of drug-likeness (QED) is 0.163. The summed E-state index contributed by atoms with van der Waals surface area (Å²) in [5.41, 5.74) is 1.12. The second kappa shape index (κ2) is 20.6. The van der Waals surface area contributed by atoms with Crippen molar-refractivity contribution in [2.45, 2.75) is 141 Å². The van der Waals surface area contributed by atoms with Gasteiger partial charge in [0.15, 0.2) is 0 Å². The van der Waals surface area contributed by atoms with Gasteiger partial charge in [-0.05, 0) is 37.9 Å². The fourth-order valence-electron chi connectivity index (χ4n) is 5.44. The molecule has 0 saturated carbocycles. The summed E-state index contributed by atoms with van der Waals surface area (Å²) in [6.45, 7) is 5.18. The van der Waals surface area contributed by atoms with E-state index in [4.69, 9.17) is 0 Å². The lowest BCUT2D eigenvalue weighted by Crippen LogP contribution is -2.50. The van der Waals surface area contributed by atoms with Gasteiger partial charge in [0.2, 0.25) is 5.91 Å². The van der Waals surface area contributed by atoms with Crippen molar-refractivity contribution in [3.63, 3.8) is 0 Å². The topological polar surface area (TPSA) is 52.6 Å². The maximum atomic E-state index is 12.7. The summed E-state index contributed by atoms with van der Waals surface area (Å²) in [4.78, 5) is 15.1. The van der Waals surface area contributed by atoms with Gasteiger partial charge < -0.3 is 15.3 Å². The standard InChI is InChI=1S/C32H56N2O2/c1-2-3-4-5-6-7-8-9-10-11-12-13-14-15-19-24-32(36)33-30(28-34-25-20-21-26-34)31(35)27-29-22-17-16-18-23-29/h16-18,22-23,30-31,35H,2-15,19-21,24-28H2,1H3,(H,33,36)/t30-,31+/m0/s1. The lowest BCUT2D eigenvalue weighted by molar-refractivity contribution is -0.123. The zero-order valence-electron chi connectivity index (χ0n) is 23.4. The first kappa shape index (κ1) is 30.8. The minimum atomic E-state index is -0.557. The number of amides is 1. The van der Waals surface area contributed by atoms with Crippen molar-refractivity contribution < 1.29 is 9.90 Å². The maximum absolute atomic E-state index is 12.7. The van der Waals surface area contributed by atoms with Crippen molar-refractivity contribution in [3.05, 3.63) is 35.9 Å². The zero-order valence-corrected chi connectivity index (χ0v) is 23.4. The van der Waals surface area contributed by atoms with Crippen molar-refractivity contribution in [2.75, 3.05) is 19.6 Å². The van der Waals surface area contributed by atoms with Crippen LogP contribution in [0.2, 0.25) is 0 Å². The molecule has 0 radical (unpaired) electrons. The number of carbonyl (C=O) groups is 1. The molecule has 2 N–H and O–H groups in total. The molecule has 0 bridgehead atoms. The number of rotatable bonds is 22. The Labute approximate surface area is 222 Å². The van der Waals surface area contributed by atoms with E-state index in [9.17, 15) is 9.90 Å². The third-order valence-corrected chi connectivity index (χ3v) is 7.76. The fourth-order valence-corrected chi connectivity index (χ4v) is 5.44. The number of nitrogens with one attached hydrogen (secondary N) is 1. The first-order valence-corrected chi connectivity index (χ1v) is 15.4. The first-order valence-electron chi connectivity index (χ1n) is 15.4. The molecular formula is C32H56N2O2. The summed E-state index contributed by atoms with van der Waals surface area (Å²) in [6.07, 6.45) is 23.0. The molecule has 2 rings (SSSR count). The van der Waals surface area contributed by atoms with Gasteiger partial charge >= 0.3 is 0 Å². The normalized spacial score (nSPS) is 15.7. The van der Waals surface area contributed by atoms with E-state index in [-0.39, 0.29) is 11.9 Å². The molecule has 0 spiro atoms. The Morgan fingerprint density at radius 3 is 1.83 bits per heavy atom.